The topological polar surface area (TPSA) is 33.6 Å². The average Bonchev–Trinajstić information content (AvgIpc) is 3.00. The predicted molar refractivity (Wildman–Crippen MR) is 82.7 cm³/mol. The Morgan fingerprint density at radius 3 is 3.05 bits per heavy atom. The predicted octanol–water partition coefficient (Wildman–Crippen LogP) is 4.81. The molecular weight excluding hydrogens is 298 g/mol. The summed E-state index contributed by atoms with van der Waals surface area (Å²) in [5.74, 6) is 0. The first-order valence-electron chi connectivity index (χ1n) is 6.00. The molecule has 3 nitrogen and oxygen atoms in total. The highest BCUT2D eigenvalue weighted by molar-refractivity contribution is 7.71. The number of aromatic nitrogens is 3. The van der Waals surface area contributed by atoms with Gasteiger partial charge in [0.15, 0.2) is 4.77 Å². The molecule has 0 bridgehead atoms. The highest BCUT2D eigenvalue weighted by Gasteiger charge is 2.18. The van der Waals surface area contributed by atoms with Crippen LogP contribution in [0.1, 0.15) is 24.4 Å². The lowest BCUT2D eigenvalue weighted by molar-refractivity contribution is 0.572. The van der Waals surface area contributed by atoms with Gasteiger partial charge in [-0.15, -0.1) is 11.3 Å². The lowest BCUT2D eigenvalue weighted by atomic mass is 10.2. The molecule has 19 heavy (non-hydrogen) atoms. The van der Waals surface area contributed by atoms with E-state index in [4.69, 9.17) is 23.8 Å². The Morgan fingerprint density at radius 1 is 1.53 bits per heavy atom. The molecule has 1 N–H and O–H groups in total. The van der Waals surface area contributed by atoms with E-state index in [1.807, 2.05) is 29.8 Å². The molecule has 2 aromatic heterocycles. The normalized spacial score (nSPS) is 12.9. The van der Waals surface area contributed by atoms with E-state index >= 15 is 0 Å². The average molecular weight is 310 g/mol. The van der Waals surface area contributed by atoms with E-state index in [-0.39, 0.29) is 6.04 Å². The van der Waals surface area contributed by atoms with Crippen LogP contribution in [0.5, 0.6) is 0 Å². The van der Waals surface area contributed by atoms with Gasteiger partial charge in [0.1, 0.15) is 5.01 Å². The Morgan fingerprint density at radius 2 is 2.37 bits per heavy atom. The second-order valence-electron chi connectivity index (χ2n) is 4.26. The molecule has 1 aromatic carbocycles. The molecule has 6 heteroatoms. The summed E-state index contributed by atoms with van der Waals surface area (Å²) in [5, 5.41) is 3.77. The van der Waals surface area contributed by atoms with Crippen molar-refractivity contribution < 1.29 is 0 Å². The van der Waals surface area contributed by atoms with Crippen molar-refractivity contribution in [1.82, 2.24) is 14.5 Å². The van der Waals surface area contributed by atoms with Crippen LogP contribution in [0.3, 0.4) is 0 Å². The summed E-state index contributed by atoms with van der Waals surface area (Å²) < 4.78 is 2.81. The first-order chi connectivity index (χ1) is 9.20. The zero-order valence-corrected chi connectivity index (χ0v) is 12.6. The third kappa shape index (κ3) is 2.22. The summed E-state index contributed by atoms with van der Waals surface area (Å²) in [4.78, 5) is 7.65. The van der Waals surface area contributed by atoms with Gasteiger partial charge in [-0.2, -0.15) is 0 Å². The second kappa shape index (κ2) is 5.07. The maximum absolute atomic E-state index is 6.10. The molecule has 0 aliphatic rings. The standard InChI is InChI=1S/C13H12ClN3S2/c1-2-10(12-15-5-6-19-12)17-11-7-8(14)3-4-9(11)16-13(17)18/h3-7,10H,2H2,1H3,(H,16,18). The first-order valence-corrected chi connectivity index (χ1v) is 7.66. The van der Waals surface area contributed by atoms with Gasteiger partial charge in [0.05, 0.1) is 17.1 Å². The molecule has 0 amide bonds. The van der Waals surface area contributed by atoms with E-state index in [1.54, 1.807) is 11.3 Å². The third-order valence-electron chi connectivity index (χ3n) is 3.11. The minimum Gasteiger partial charge on any atom is -0.331 e. The molecule has 0 fully saturated rings. The van der Waals surface area contributed by atoms with Crippen molar-refractivity contribution in [3.63, 3.8) is 0 Å². The number of halogens is 1. The molecule has 0 aliphatic carbocycles. The summed E-state index contributed by atoms with van der Waals surface area (Å²) in [6, 6.07) is 5.92. The van der Waals surface area contributed by atoms with Crippen LogP contribution in [0.4, 0.5) is 0 Å². The van der Waals surface area contributed by atoms with Crippen LogP contribution >= 0.6 is 35.2 Å². The van der Waals surface area contributed by atoms with Gasteiger partial charge in [-0.1, -0.05) is 18.5 Å². The number of hydrogen-bond acceptors (Lipinski definition) is 3. The molecule has 0 radical (unpaired) electrons. The fraction of sp³-hybridized carbons (Fsp3) is 0.231. The van der Waals surface area contributed by atoms with Crippen molar-refractivity contribution in [2.45, 2.75) is 19.4 Å². The fourth-order valence-corrected chi connectivity index (χ4v) is 3.58. The number of imidazole rings is 1. The quantitative estimate of drug-likeness (QED) is 0.704. The second-order valence-corrected chi connectivity index (χ2v) is 6.01. The summed E-state index contributed by atoms with van der Waals surface area (Å²) >= 11 is 13.2. The van der Waals surface area contributed by atoms with Crippen molar-refractivity contribution in [3.05, 3.63) is 44.6 Å². The van der Waals surface area contributed by atoms with Gasteiger partial charge in [0, 0.05) is 16.6 Å². The highest BCUT2D eigenvalue weighted by Crippen LogP contribution is 2.29. The smallest absolute Gasteiger partial charge is 0.178 e. The van der Waals surface area contributed by atoms with Gasteiger partial charge in [-0.05, 0) is 36.8 Å². The van der Waals surface area contributed by atoms with Crippen LogP contribution < -0.4 is 0 Å². The minimum absolute atomic E-state index is 0.153. The Kier molecular flexibility index (Phi) is 3.43. The van der Waals surface area contributed by atoms with Crippen LogP contribution in [0.2, 0.25) is 5.02 Å². The Bertz CT molecular complexity index is 758. The number of rotatable bonds is 3. The van der Waals surface area contributed by atoms with Crippen LogP contribution in [0.15, 0.2) is 29.8 Å². The van der Waals surface area contributed by atoms with E-state index in [0.29, 0.717) is 9.79 Å². The monoisotopic (exact) mass is 309 g/mol. The van der Waals surface area contributed by atoms with Gasteiger partial charge < -0.3 is 9.55 Å². The molecule has 3 aromatic rings. The largest absolute Gasteiger partial charge is 0.331 e. The van der Waals surface area contributed by atoms with E-state index in [2.05, 4.69) is 21.5 Å². The Balaban J connectivity index is 2.26. The number of aromatic amines is 1. The van der Waals surface area contributed by atoms with Crippen LogP contribution in [-0.2, 0) is 0 Å². The number of nitrogens with zero attached hydrogens (tertiary/aromatic N) is 2. The van der Waals surface area contributed by atoms with E-state index in [1.165, 1.54) is 0 Å². The van der Waals surface area contributed by atoms with Crippen LogP contribution in [0, 0.1) is 4.77 Å². The van der Waals surface area contributed by atoms with Crippen LogP contribution in [-0.4, -0.2) is 14.5 Å². The maximum atomic E-state index is 6.10. The zero-order valence-electron chi connectivity index (χ0n) is 10.3. The number of thiazole rings is 1. The minimum atomic E-state index is 0.153. The highest BCUT2D eigenvalue weighted by atomic mass is 35.5. The lowest BCUT2D eigenvalue weighted by Crippen LogP contribution is -2.09. The van der Waals surface area contributed by atoms with Gasteiger partial charge in [-0.3, -0.25) is 0 Å². The molecule has 0 aliphatic heterocycles. The number of benzene rings is 1. The van der Waals surface area contributed by atoms with Gasteiger partial charge >= 0.3 is 0 Å². The van der Waals surface area contributed by atoms with E-state index in [9.17, 15) is 0 Å². The Labute approximate surface area is 124 Å². The summed E-state index contributed by atoms with van der Waals surface area (Å²) in [5.41, 5.74) is 2.03. The fourth-order valence-electron chi connectivity index (χ4n) is 2.27. The molecule has 1 unspecified atom stereocenters. The summed E-state index contributed by atoms with van der Waals surface area (Å²) in [6.45, 7) is 2.14. The maximum Gasteiger partial charge on any atom is 0.178 e. The molecule has 3 rings (SSSR count). The summed E-state index contributed by atoms with van der Waals surface area (Å²) in [6.07, 6.45) is 2.76. The molecule has 2 heterocycles. The van der Waals surface area contributed by atoms with Crippen molar-refractivity contribution >= 4 is 46.2 Å². The number of H-pyrrole nitrogens is 1. The molecule has 0 spiro atoms. The van der Waals surface area contributed by atoms with Gasteiger partial charge in [0.2, 0.25) is 0 Å². The molecule has 0 saturated carbocycles. The van der Waals surface area contributed by atoms with Gasteiger partial charge in [0.25, 0.3) is 0 Å². The van der Waals surface area contributed by atoms with E-state index in [0.717, 1.165) is 22.5 Å². The van der Waals surface area contributed by atoms with E-state index < -0.39 is 0 Å². The first kappa shape index (κ1) is 12.8. The molecule has 0 saturated heterocycles. The number of nitrogens with one attached hydrogen (secondary N) is 1. The van der Waals surface area contributed by atoms with Gasteiger partial charge in [-0.25, -0.2) is 4.98 Å². The molecule has 98 valence electrons. The van der Waals surface area contributed by atoms with Crippen molar-refractivity contribution in [1.29, 1.82) is 0 Å². The number of hydrogen-bond donors (Lipinski definition) is 1. The molecular formula is C13H12ClN3S2. The molecule has 1 atom stereocenters. The van der Waals surface area contributed by atoms with Crippen molar-refractivity contribution in [3.8, 4) is 0 Å². The number of fused-ring (bicyclic) bond motifs is 1. The SMILES string of the molecule is CCC(c1nccs1)n1c(=S)[nH]c2ccc(Cl)cc21. The van der Waals surface area contributed by atoms with Crippen molar-refractivity contribution in [2.24, 2.45) is 0 Å². The lowest BCUT2D eigenvalue weighted by Gasteiger charge is -2.15. The van der Waals surface area contributed by atoms with Crippen molar-refractivity contribution in [2.75, 3.05) is 0 Å². The third-order valence-corrected chi connectivity index (χ3v) is 4.53. The van der Waals surface area contributed by atoms with Crippen LogP contribution in [0.25, 0.3) is 11.0 Å². The summed E-state index contributed by atoms with van der Waals surface area (Å²) in [7, 11) is 0. The zero-order chi connectivity index (χ0) is 13.4. The Hall–Kier alpha value is -1.17.